The molecule has 0 radical (unpaired) electrons. The molecule has 6 amide bonds. The maximum atomic E-state index is 13.8. The molecule has 80 heavy (non-hydrogen) atoms. The van der Waals surface area contributed by atoms with Crippen LogP contribution in [-0.4, -0.2) is 146 Å². The van der Waals surface area contributed by atoms with Crippen LogP contribution in [0.4, 0.5) is 21.0 Å². The van der Waals surface area contributed by atoms with Crippen LogP contribution in [0.1, 0.15) is 121 Å². The maximum Gasteiger partial charge on any atom is 0.444 e. The van der Waals surface area contributed by atoms with Crippen LogP contribution in [0.5, 0.6) is 0 Å². The SMILES string of the molecule is CC(C)COC(=O)NC(CCCN1CCN(C(=O)c2ccc3c(c2)CCC(=O)N3OC(=O)C(=O)ON2C(=O)CCc3cc(C(=O)N4CCN(CCCC(NC(=O)OCC(C)C)c5ccccc5)CC4)ccc32)CC1)c1ccccc1. The molecule has 0 bridgehead atoms. The second-order valence-corrected chi connectivity index (χ2v) is 21.6. The van der Waals surface area contributed by atoms with Gasteiger partial charge < -0.3 is 39.6 Å². The van der Waals surface area contributed by atoms with Gasteiger partial charge in [-0.2, -0.15) is 0 Å². The Kier molecular flexibility index (Phi) is 20.3. The van der Waals surface area contributed by atoms with Gasteiger partial charge in [-0.15, -0.1) is 10.1 Å². The number of nitrogens with one attached hydrogen (secondary N) is 2. The molecule has 20 heteroatoms. The minimum atomic E-state index is -1.54. The molecule has 4 aliphatic rings. The van der Waals surface area contributed by atoms with Crippen molar-refractivity contribution in [2.75, 3.05) is 88.8 Å². The molecule has 0 aliphatic carbocycles. The van der Waals surface area contributed by atoms with Crippen LogP contribution in [0.15, 0.2) is 97.1 Å². The number of ether oxygens (including phenoxy) is 2. The van der Waals surface area contributed by atoms with Crippen LogP contribution >= 0.6 is 0 Å². The molecule has 2 N–H and O–H groups in total. The normalized spacial score (nSPS) is 16.6. The quantitative estimate of drug-likeness (QED) is 0.0839. The van der Waals surface area contributed by atoms with Gasteiger partial charge in [-0.05, 0) is 122 Å². The van der Waals surface area contributed by atoms with Crippen LogP contribution in [0.3, 0.4) is 0 Å². The molecule has 4 aromatic rings. The van der Waals surface area contributed by atoms with Crippen molar-refractivity contribution >= 4 is 59.1 Å². The average Bonchev–Trinajstić information content (AvgIpc) is 3.49. The Hall–Kier alpha value is -7.84. The number of carbonyl (C=O) groups excluding carboxylic acids is 8. The number of fused-ring (bicyclic) bond motifs is 2. The molecule has 4 aliphatic heterocycles. The number of aryl methyl sites for hydroxylation is 2. The number of hydrogen-bond donors (Lipinski definition) is 2. The zero-order valence-electron chi connectivity index (χ0n) is 46.3. The van der Waals surface area contributed by atoms with E-state index in [9.17, 15) is 38.4 Å². The summed E-state index contributed by atoms with van der Waals surface area (Å²) >= 11 is 0. The molecule has 2 atom stereocenters. The number of nitrogens with zero attached hydrogens (tertiary/aromatic N) is 6. The van der Waals surface area contributed by atoms with Crippen LogP contribution in [0.25, 0.3) is 0 Å². The van der Waals surface area contributed by atoms with Crippen molar-refractivity contribution < 1.29 is 57.5 Å². The minimum Gasteiger partial charge on any atom is -0.449 e. The summed E-state index contributed by atoms with van der Waals surface area (Å²) in [5, 5.41) is 7.49. The highest BCUT2D eigenvalue weighted by Gasteiger charge is 2.36. The van der Waals surface area contributed by atoms with E-state index >= 15 is 0 Å². The molecule has 2 saturated heterocycles. The number of amides is 6. The molecule has 0 saturated carbocycles. The van der Waals surface area contributed by atoms with E-state index in [-0.39, 0.29) is 72.8 Å². The lowest BCUT2D eigenvalue weighted by atomic mass is 9.99. The van der Waals surface area contributed by atoms with E-state index in [0.717, 1.165) is 47.2 Å². The van der Waals surface area contributed by atoms with Crippen molar-refractivity contribution in [1.82, 2.24) is 30.2 Å². The Balaban J connectivity index is 0.792. The number of rotatable bonds is 20. The molecule has 2 unspecified atom stereocenters. The van der Waals surface area contributed by atoms with Gasteiger partial charge in [-0.25, -0.2) is 19.2 Å². The Morgan fingerprint density at radius 1 is 0.487 bits per heavy atom. The lowest BCUT2D eigenvalue weighted by Crippen LogP contribution is -2.49. The first-order chi connectivity index (χ1) is 38.6. The second-order valence-electron chi connectivity index (χ2n) is 21.6. The van der Waals surface area contributed by atoms with Crippen LogP contribution < -0.4 is 20.8 Å². The van der Waals surface area contributed by atoms with Gasteiger partial charge in [-0.3, -0.25) is 29.0 Å². The van der Waals surface area contributed by atoms with Gasteiger partial charge in [0, 0.05) is 76.3 Å². The van der Waals surface area contributed by atoms with Gasteiger partial charge in [0.2, 0.25) is 0 Å². The smallest absolute Gasteiger partial charge is 0.444 e. The molecule has 8 rings (SSSR count). The number of hydrogen-bond acceptors (Lipinski definition) is 14. The average molecular weight is 1100 g/mol. The van der Waals surface area contributed by atoms with Gasteiger partial charge in [0.05, 0.1) is 36.7 Å². The molecule has 0 spiro atoms. The molecular weight excluding hydrogens is 1020 g/mol. The van der Waals surface area contributed by atoms with Crippen molar-refractivity contribution in [3.8, 4) is 0 Å². The summed E-state index contributed by atoms with van der Waals surface area (Å²) in [7, 11) is 0. The number of alkyl carbamates (subject to hydrolysis) is 2. The predicted molar refractivity (Wildman–Crippen MR) is 297 cm³/mol. The number of benzene rings is 4. The Morgan fingerprint density at radius 2 is 0.863 bits per heavy atom. The third kappa shape index (κ3) is 15.7. The highest BCUT2D eigenvalue weighted by molar-refractivity contribution is 6.31. The maximum absolute atomic E-state index is 13.8. The lowest BCUT2D eigenvalue weighted by Gasteiger charge is -2.35. The number of piperazine rings is 2. The van der Waals surface area contributed by atoms with Gasteiger partial charge in [0.25, 0.3) is 23.6 Å². The summed E-state index contributed by atoms with van der Waals surface area (Å²) in [6, 6.07) is 28.7. The lowest BCUT2D eigenvalue weighted by molar-refractivity contribution is -0.172. The van der Waals surface area contributed by atoms with E-state index in [0.29, 0.717) is 101 Å². The highest BCUT2D eigenvalue weighted by Crippen LogP contribution is 2.32. The third-order valence-electron chi connectivity index (χ3n) is 14.6. The summed E-state index contributed by atoms with van der Waals surface area (Å²) in [5.74, 6) is -4.17. The third-order valence-corrected chi connectivity index (χ3v) is 14.6. The van der Waals surface area contributed by atoms with Crippen molar-refractivity contribution in [3.63, 3.8) is 0 Å². The van der Waals surface area contributed by atoms with Crippen molar-refractivity contribution in [2.45, 2.75) is 91.1 Å². The molecule has 426 valence electrons. The molecule has 4 aromatic carbocycles. The predicted octanol–water partition coefficient (Wildman–Crippen LogP) is 7.18. The zero-order valence-corrected chi connectivity index (χ0v) is 46.3. The molecule has 2 fully saturated rings. The molecule has 4 heterocycles. The van der Waals surface area contributed by atoms with E-state index in [1.165, 1.54) is 12.1 Å². The summed E-state index contributed by atoms with van der Waals surface area (Å²) in [4.78, 5) is 124. The summed E-state index contributed by atoms with van der Waals surface area (Å²) < 4.78 is 10.8. The number of anilines is 2. The van der Waals surface area contributed by atoms with E-state index in [2.05, 4.69) is 20.4 Å². The van der Waals surface area contributed by atoms with Crippen molar-refractivity contribution in [3.05, 3.63) is 130 Å². The van der Waals surface area contributed by atoms with Crippen LogP contribution in [0, 0.1) is 11.8 Å². The first-order valence-electron chi connectivity index (χ1n) is 28.0. The van der Waals surface area contributed by atoms with Gasteiger partial charge in [0.1, 0.15) is 0 Å². The second kappa shape index (κ2) is 27.8. The Bertz CT molecular complexity index is 2640. The fourth-order valence-electron chi connectivity index (χ4n) is 10.2. The minimum absolute atomic E-state index is 0.0624. The Labute approximate surface area is 467 Å². The largest absolute Gasteiger partial charge is 0.449 e. The first-order valence-corrected chi connectivity index (χ1v) is 28.0. The van der Waals surface area contributed by atoms with Crippen molar-refractivity contribution in [1.29, 1.82) is 0 Å². The van der Waals surface area contributed by atoms with E-state index in [1.54, 1.807) is 34.1 Å². The molecule has 20 nitrogen and oxygen atoms in total. The van der Waals surface area contributed by atoms with E-state index in [1.807, 2.05) is 88.4 Å². The van der Waals surface area contributed by atoms with Crippen LogP contribution in [-0.2, 0) is 51.2 Å². The molecule has 0 aromatic heterocycles. The van der Waals surface area contributed by atoms with E-state index in [4.69, 9.17) is 19.1 Å². The van der Waals surface area contributed by atoms with Gasteiger partial charge in [-0.1, -0.05) is 88.4 Å². The fraction of sp³-hybridized carbons (Fsp3) is 0.467. The molecular formula is C60H74N8O12. The summed E-state index contributed by atoms with van der Waals surface area (Å²) in [6.45, 7) is 14.9. The van der Waals surface area contributed by atoms with Gasteiger partial charge >= 0.3 is 24.1 Å². The first kappa shape index (κ1) is 58.3. The topological polar surface area (TPSA) is 217 Å². The Morgan fingerprint density at radius 3 is 1.23 bits per heavy atom. The number of carbonyl (C=O) groups is 8. The highest BCUT2D eigenvalue weighted by atomic mass is 16.8. The summed E-state index contributed by atoms with van der Waals surface area (Å²) in [6.07, 6.45) is 2.59. The fourth-order valence-corrected chi connectivity index (χ4v) is 10.2. The van der Waals surface area contributed by atoms with Crippen LogP contribution in [0.2, 0.25) is 0 Å². The number of hydroxylamine groups is 2. The summed E-state index contributed by atoms with van der Waals surface area (Å²) in [5.41, 5.74) is 4.34. The van der Waals surface area contributed by atoms with Gasteiger partial charge in [0.15, 0.2) is 0 Å². The zero-order chi connectivity index (χ0) is 56.7. The van der Waals surface area contributed by atoms with Crippen molar-refractivity contribution in [2.24, 2.45) is 11.8 Å². The standard InChI is InChI=1S/C60H74N8O12/c1-41(2)39-77-59(75)61-49(43-13-7-5-8-14-43)17-11-27-63-29-33-65(34-30-63)55(71)47-19-23-51-45(37-47)21-25-53(69)67(51)79-57(73)58(74)80-68-52-24-20-48(38-46(52)22-26-54(68)70)56(72)66-35-31-64(32-36-66)28-12-18-50(44-15-9-6-10-16-44)62-60(76)78-40-42(3)4/h5-10,13-16,19-20,23-24,37-38,41-42,49-50H,11-12,17-18,21-22,25-36,39-40H2,1-4H3,(H,61,75)(H,62,76). The van der Waals surface area contributed by atoms with E-state index < -0.39 is 35.9 Å². The monoisotopic (exact) mass is 1100 g/mol.